The maximum absolute atomic E-state index is 12.8. The van der Waals surface area contributed by atoms with Crippen molar-refractivity contribution in [1.29, 1.82) is 0 Å². The van der Waals surface area contributed by atoms with Gasteiger partial charge in [-0.3, -0.25) is 9.78 Å². The fourth-order valence-electron chi connectivity index (χ4n) is 4.85. The van der Waals surface area contributed by atoms with Crippen molar-refractivity contribution < 1.29 is 9.90 Å². The summed E-state index contributed by atoms with van der Waals surface area (Å²) in [5, 5.41) is 15.7. The van der Waals surface area contributed by atoms with E-state index < -0.39 is 0 Å². The van der Waals surface area contributed by atoms with Crippen LogP contribution in [0.5, 0.6) is 5.75 Å². The minimum atomic E-state index is 0.00172. The summed E-state index contributed by atoms with van der Waals surface area (Å²) in [4.78, 5) is 23.8. The number of hydrogen-bond acceptors (Lipinski definition) is 3. The molecule has 0 fully saturated rings. The summed E-state index contributed by atoms with van der Waals surface area (Å²) in [5.41, 5.74) is 7.77. The van der Waals surface area contributed by atoms with Crippen LogP contribution in [0.15, 0.2) is 97.5 Å². The van der Waals surface area contributed by atoms with Crippen molar-refractivity contribution in [2.24, 2.45) is 0 Å². The number of para-hydroxylation sites is 2. The highest BCUT2D eigenvalue weighted by molar-refractivity contribution is 5.88. The van der Waals surface area contributed by atoms with Crippen LogP contribution < -0.4 is 5.32 Å². The second-order valence-corrected chi connectivity index (χ2v) is 9.17. The SMILES string of the molecule is O=C(CCc1c[nH]c2ccccc12)NCc1ccc(-c2ccccc2O)cc1-c1cc2cnccc2[nH]1. The molecule has 182 valence electrons. The molecule has 0 saturated carbocycles. The molecule has 0 bridgehead atoms. The molecule has 0 aliphatic heterocycles. The number of carbonyl (C=O) groups excluding carboxylic acids is 1. The van der Waals surface area contributed by atoms with E-state index in [1.54, 1.807) is 12.3 Å². The number of aryl methyl sites for hydroxylation is 1. The van der Waals surface area contributed by atoms with E-state index in [-0.39, 0.29) is 11.7 Å². The molecule has 4 N–H and O–H groups in total. The molecule has 0 unspecified atom stereocenters. The average Bonchev–Trinajstić information content (AvgIpc) is 3.55. The molecule has 0 radical (unpaired) electrons. The van der Waals surface area contributed by atoms with Gasteiger partial charge < -0.3 is 20.4 Å². The first-order valence-electron chi connectivity index (χ1n) is 12.3. The van der Waals surface area contributed by atoms with Crippen molar-refractivity contribution in [2.75, 3.05) is 0 Å². The van der Waals surface area contributed by atoms with Crippen molar-refractivity contribution in [3.05, 3.63) is 109 Å². The van der Waals surface area contributed by atoms with E-state index in [4.69, 9.17) is 0 Å². The van der Waals surface area contributed by atoms with Gasteiger partial charge >= 0.3 is 0 Å². The Bertz CT molecular complexity index is 1700. The van der Waals surface area contributed by atoms with Gasteiger partial charge in [0.2, 0.25) is 5.91 Å². The van der Waals surface area contributed by atoms with E-state index in [0.29, 0.717) is 19.4 Å². The van der Waals surface area contributed by atoms with Crippen molar-refractivity contribution >= 4 is 27.7 Å². The first kappa shape index (κ1) is 22.6. The van der Waals surface area contributed by atoms with Gasteiger partial charge in [-0.15, -0.1) is 0 Å². The zero-order valence-electron chi connectivity index (χ0n) is 20.2. The average molecular weight is 487 g/mol. The van der Waals surface area contributed by atoms with Crippen molar-refractivity contribution in [1.82, 2.24) is 20.3 Å². The molecule has 0 saturated heterocycles. The lowest BCUT2D eigenvalue weighted by Crippen LogP contribution is -2.23. The molecule has 3 aromatic heterocycles. The molecule has 0 spiro atoms. The van der Waals surface area contributed by atoms with Gasteiger partial charge in [0, 0.05) is 70.2 Å². The van der Waals surface area contributed by atoms with E-state index in [9.17, 15) is 9.90 Å². The van der Waals surface area contributed by atoms with Crippen LogP contribution in [-0.2, 0) is 17.8 Å². The van der Waals surface area contributed by atoms with Gasteiger partial charge in [0.25, 0.3) is 0 Å². The molecule has 37 heavy (non-hydrogen) atoms. The normalized spacial score (nSPS) is 11.2. The number of nitrogens with zero attached hydrogens (tertiary/aromatic N) is 1. The van der Waals surface area contributed by atoms with E-state index in [0.717, 1.165) is 55.3 Å². The molecule has 0 aliphatic rings. The van der Waals surface area contributed by atoms with Gasteiger partial charge in [-0.05, 0) is 53.4 Å². The number of hydrogen-bond donors (Lipinski definition) is 4. The monoisotopic (exact) mass is 486 g/mol. The smallest absolute Gasteiger partial charge is 0.220 e. The third-order valence-electron chi connectivity index (χ3n) is 6.81. The zero-order valence-corrected chi connectivity index (χ0v) is 20.2. The predicted molar refractivity (Wildman–Crippen MR) is 147 cm³/mol. The quantitative estimate of drug-likeness (QED) is 0.212. The molecular weight excluding hydrogens is 460 g/mol. The van der Waals surface area contributed by atoms with Gasteiger partial charge in [-0.2, -0.15) is 0 Å². The molecule has 6 nitrogen and oxygen atoms in total. The van der Waals surface area contributed by atoms with E-state index in [2.05, 4.69) is 38.5 Å². The molecule has 0 atom stereocenters. The highest BCUT2D eigenvalue weighted by atomic mass is 16.3. The first-order chi connectivity index (χ1) is 18.2. The third-order valence-corrected chi connectivity index (χ3v) is 6.81. The fourth-order valence-corrected chi connectivity index (χ4v) is 4.85. The highest BCUT2D eigenvalue weighted by Crippen LogP contribution is 2.34. The van der Waals surface area contributed by atoms with Crippen LogP contribution >= 0.6 is 0 Å². The van der Waals surface area contributed by atoms with E-state index in [1.165, 1.54) is 0 Å². The number of fused-ring (bicyclic) bond motifs is 2. The van der Waals surface area contributed by atoms with Crippen molar-refractivity contribution in [2.45, 2.75) is 19.4 Å². The number of carbonyl (C=O) groups is 1. The largest absolute Gasteiger partial charge is 0.507 e. The molecular formula is C31H26N4O2. The first-order valence-corrected chi connectivity index (χ1v) is 12.3. The number of nitrogens with one attached hydrogen (secondary N) is 3. The second kappa shape index (κ2) is 9.66. The second-order valence-electron chi connectivity index (χ2n) is 9.17. The van der Waals surface area contributed by atoms with E-state index in [1.807, 2.05) is 67.0 Å². The molecule has 6 aromatic rings. The number of phenolic OH excluding ortho intramolecular Hbond substituents is 1. The summed E-state index contributed by atoms with van der Waals surface area (Å²) in [5.74, 6) is 0.231. The number of rotatable bonds is 7. The van der Waals surface area contributed by atoms with Gasteiger partial charge in [0.05, 0.1) is 0 Å². The number of phenols is 1. The van der Waals surface area contributed by atoms with Gasteiger partial charge in [-0.1, -0.05) is 48.5 Å². The number of aromatic hydroxyl groups is 1. The molecule has 1 amide bonds. The Morgan fingerprint density at radius 1 is 0.892 bits per heavy atom. The standard InChI is InChI=1S/C31H26N4O2/c36-30-8-4-2-6-25(30)20-9-10-22(26(15-20)29-16-23-17-32-14-13-27(23)35-29)19-34-31(37)12-11-21-18-33-28-7-3-1-5-24(21)28/h1-10,13-18,33,35-36H,11-12,19H2,(H,34,37). The summed E-state index contributed by atoms with van der Waals surface area (Å²) in [6, 6.07) is 25.5. The third kappa shape index (κ3) is 4.57. The van der Waals surface area contributed by atoms with Crippen LogP contribution in [0, 0.1) is 0 Å². The van der Waals surface area contributed by atoms with Gasteiger partial charge in [0.15, 0.2) is 0 Å². The highest BCUT2D eigenvalue weighted by Gasteiger charge is 2.14. The van der Waals surface area contributed by atoms with Crippen molar-refractivity contribution in [3.63, 3.8) is 0 Å². The van der Waals surface area contributed by atoms with Crippen LogP contribution in [0.4, 0.5) is 0 Å². The zero-order chi connectivity index (χ0) is 25.2. The Morgan fingerprint density at radius 2 is 1.76 bits per heavy atom. The topological polar surface area (TPSA) is 93.8 Å². The minimum absolute atomic E-state index is 0.00172. The Labute approximate surface area is 214 Å². The maximum atomic E-state index is 12.8. The molecule has 6 heteroatoms. The number of amides is 1. The number of benzene rings is 3. The number of H-pyrrole nitrogens is 2. The van der Waals surface area contributed by atoms with Crippen molar-refractivity contribution in [3.8, 4) is 28.1 Å². The van der Waals surface area contributed by atoms with Gasteiger partial charge in [0.1, 0.15) is 5.75 Å². The molecule has 0 aliphatic carbocycles. The number of aromatic nitrogens is 3. The Hall–Kier alpha value is -4.84. The molecule has 6 rings (SSSR count). The number of pyridine rings is 1. The Kier molecular flexibility index (Phi) is 5.91. The lowest BCUT2D eigenvalue weighted by atomic mass is 9.96. The predicted octanol–water partition coefficient (Wildman–Crippen LogP) is 6.33. The maximum Gasteiger partial charge on any atom is 0.220 e. The minimum Gasteiger partial charge on any atom is -0.507 e. The van der Waals surface area contributed by atoms with Crippen LogP contribution in [-0.4, -0.2) is 26.0 Å². The van der Waals surface area contributed by atoms with Crippen LogP contribution in [0.1, 0.15) is 17.5 Å². The van der Waals surface area contributed by atoms with Crippen LogP contribution in [0.25, 0.3) is 44.2 Å². The summed E-state index contributed by atoms with van der Waals surface area (Å²) in [6.45, 7) is 0.400. The van der Waals surface area contributed by atoms with E-state index >= 15 is 0 Å². The van der Waals surface area contributed by atoms with Crippen LogP contribution in [0.2, 0.25) is 0 Å². The lowest BCUT2D eigenvalue weighted by molar-refractivity contribution is -0.121. The number of aromatic amines is 2. The fraction of sp³-hybridized carbons (Fsp3) is 0.0968. The Balaban J connectivity index is 1.25. The lowest BCUT2D eigenvalue weighted by Gasteiger charge is -2.13. The summed E-state index contributed by atoms with van der Waals surface area (Å²) in [7, 11) is 0. The molecule has 3 aromatic carbocycles. The summed E-state index contributed by atoms with van der Waals surface area (Å²) >= 11 is 0. The van der Waals surface area contributed by atoms with Gasteiger partial charge in [-0.25, -0.2) is 0 Å². The Morgan fingerprint density at radius 3 is 2.65 bits per heavy atom. The summed E-state index contributed by atoms with van der Waals surface area (Å²) in [6.07, 6.45) is 6.65. The van der Waals surface area contributed by atoms with Crippen LogP contribution in [0.3, 0.4) is 0 Å². The summed E-state index contributed by atoms with van der Waals surface area (Å²) < 4.78 is 0. The molecule has 3 heterocycles.